The van der Waals surface area contributed by atoms with E-state index in [0.717, 1.165) is 30.8 Å². The van der Waals surface area contributed by atoms with Crippen molar-refractivity contribution in [2.45, 2.75) is 46.0 Å². The van der Waals surface area contributed by atoms with Crippen molar-refractivity contribution in [2.24, 2.45) is 5.41 Å². The molecule has 0 aliphatic heterocycles. The summed E-state index contributed by atoms with van der Waals surface area (Å²) in [5.41, 5.74) is 2.01. The monoisotopic (exact) mass is 274 g/mol. The molecule has 3 heteroatoms. The van der Waals surface area contributed by atoms with Crippen LogP contribution in [0.3, 0.4) is 0 Å². The summed E-state index contributed by atoms with van der Waals surface area (Å²) in [5.74, 6) is 0.0428. The SMILES string of the molecule is CCNc1ccccc1C(=O)NCC1(CC)CCCC1. The van der Waals surface area contributed by atoms with Crippen LogP contribution in [0.1, 0.15) is 56.3 Å². The lowest BCUT2D eigenvalue weighted by Crippen LogP contribution is -2.35. The number of carbonyl (C=O) groups is 1. The first-order valence-corrected chi connectivity index (χ1v) is 7.82. The van der Waals surface area contributed by atoms with E-state index in [2.05, 4.69) is 17.6 Å². The number of para-hydroxylation sites is 1. The second kappa shape index (κ2) is 6.78. The van der Waals surface area contributed by atoms with E-state index in [1.165, 1.54) is 25.7 Å². The van der Waals surface area contributed by atoms with Gasteiger partial charge in [-0.1, -0.05) is 31.9 Å². The molecular weight excluding hydrogens is 248 g/mol. The third kappa shape index (κ3) is 3.33. The number of benzene rings is 1. The van der Waals surface area contributed by atoms with E-state index < -0.39 is 0 Å². The first-order valence-electron chi connectivity index (χ1n) is 7.82. The second-order valence-electron chi connectivity index (χ2n) is 5.82. The molecule has 0 bridgehead atoms. The summed E-state index contributed by atoms with van der Waals surface area (Å²) < 4.78 is 0. The van der Waals surface area contributed by atoms with Crippen molar-refractivity contribution in [2.75, 3.05) is 18.4 Å². The molecule has 0 aromatic heterocycles. The van der Waals surface area contributed by atoms with E-state index in [9.17, 15) is 4.79 Å². The molecule has 110 valence electrons. The van der Waals surface area contributed by atoms with Crippen molar-refractivity contribution in [1.29, 1.82) is 0 Å². The van der Waals surface area contributed by atoms with Crippen LogP contribution in [0, 0.1) is 5.41 Å². The number of amides is 1. The zero-order valence-electron chi connectivity index (χ0n) is 12.7. The molecule has 0 radical (unpaired) electrons. The number of anilines is 1. The molecule has 1 saturated carbocycles. The lowest BCUT2D eigenvalue weighted by atomic mass is 9.83. The predicted molar refractivity (Wildman–Crippen MR) is 84.1 cm³/mol. The normalized spacial score (nSPS) is 16.9. The number of carbonyl (C=O) groups excluding carboxylic acids is 1. The molecule has 0 saturated heterocycles. The minimum atomic E-state index is 0.0428. The summed E-state index contributed by atoms with van der Waals surface area (Å²) in [6.45, 7) is 5.91. The van der Waals surface area contributed by atoms with Crippen LogP contribution in [-0.4, -0.2) is 19.0 Å². The van der Waals surface area contributed by atoms with E-state index >= 15 is 0 Å². The van der Waals surface area contributed by atoms with Crippen molar-refractivity contribution in [3.63, 3.8) is 0 Å². The van der Waals surface area contributed by atoms with Crippen molar-refractivity contribution in [1.82, 2.24) is 5.32 Å². The first-order chi connectivity index (χ1) is 9.71. The summed E-state index contributed by atoms with van der Waals surface area (Å²) in [4.78, 5) is 12.4. The molecule has 0 atom stereocenters. The highest BCUT2D eigenvalue weighted by Gasteiger charge is 2.32. The van der Waals surface area contributed by atoms with Crippen molar-refractivity contribution < 1.29 is 4.79 Å². The van der Waals surface area contributed by atoms with Gasteiger partial charge in [-0.05, 0) is 43.7 Å². The Morgan fingerprint density at radius 2 is 1.90 bits per heavy atom. The van der Waals surface area contributed by atoms with Gasteiger partial charge in [0.25, 0.3) is 5.91 Å². The van der Waals surface area contributed by atoms with E-state index in [1.807, 2.05) is 31.2 Å². The average molecular weight is 274 g/mol. The number of nitrogens with one attached hydrogen (secondary N) is 2. The van der Waals surface area contributed by atoms with Crippen LogP contribution in [0.15, 0.2) is 24.3 Å². The van der Waals surface area contributed by atoms with Gasteiger partial charge in [0.2, 0.25) is 0 Å². The van der Waals surface area contributed by atoms with Crippen LogP contribution in [0.25, 0.3) is 0 Å². The Hall–Kier alpha value is -1.51. The Morgan fingerprint density at radius 1 is 1.20 bits per heavy atom. The minimum absolute atomic E-state index is 0.0428. The third-order valence-corrected chi connectivity index (χ3v) is 4.58. The molecule has 2 rings (SSSR count). The summed E-state index contributed by atoms with van der Waals surface area (Å²) in [5, 5.41) is 6.40. The summed E-state index contributed by atoms with van der Waals surface area (Å²) >= 11 is 0. The predicted octanol–water partition coefficient (Wildman–Crippen LogP) is 3.82. The Bertz CT molecular complexity index is 450. The number of hydrogen-bond acceptors (Lipinski definition) is 2. The molecule has 20 heavy (non-hydrogen) atoms. The molecule has 1 aliphatic carbocycles. The average Bonchev–Trinajstić information content (AvgIpc) is 2.95. The lowest BCUT2D eigenvalue weighted by Gasteiger charge is -2.27. The second-order valence-corrected chi connectivity index (χ2v) is 5.82. The lowest BCUT2D eigenvalue weighted by molar-refractivity contribution is 0.0929. The smallest absolute Gasteiger partial charge is 0.253 e. The van der Waals surface area contributed by atoms with Gasteiger partial charge in [0.15, 0.2) is 0 Å². The quantitative estimate of drug-likeness (QED) is 0.828. The number of rotatable bonds is 6. The van der Waals surface area contributed by atoms with Crippen LogP contribution < -0.4 is 10.6 Å². The van der Waals surface area contributed by atoms with Crippen LogP contribution in [-0.2, 0) is 0 Å². The van der Waals surface area contributed by atoms with Gasteiger partial charge in [0, 0.05) is 18.8 Å². The van der Waals surface area contributed by atoms with E-state index in [0.29, 0.717) is 5.41 Å². The molecule has 0 unspecified atom stereocenters. The molecule has 3 nitrogen and oxygen atoms in total. The molecule has 1 amide bonds. The van der Waals surface area contributed by atoms with Gasteiger partial charge in [-0.3, -0.25) is 4.79 Å². The van der Waals surface area contributed by atoms with Crippen molar-refractivity contribution in [3.05, 3.63) is 29.8 Å². The largest absolute Gasteiger partial charge is 0.385 e. The fourth-order valence-electron chi connectivity index (χ4n) is 3.17. The van der Waals surface area contributed by atoms with Gasteiger partial charge in [0.1, 0.15) is 0 Å². The Morgan fingerprint density at radius 3 is 2.55 bits per heavy atom. The first kappa shape index (κ1) is 14.9. The highest BCUT2D eigenvalue weighted by atomic mass is 16.1. The molecular formula is C17H26N2O. The van der Waals surface area contributed by atoms with Gasteiger partial charge in [0.05, 0.1) is 5.56 Å². The van der Waals surface area contributed by atoms with Crippen molar-refractivity contribution in [3.8, 4) is 0 Å². The van der Waals surface area contributed by atoms with E-state index in [1.54, 1.807) is 0 Å². The highest BCUT2D eigenvalue weighted by molar-refractivity contribution is 5.99. The van der Waals surface area contributed by atoms with Gasteiger partial charge in [-0.15, -0.1) is 0 Å². The maximum absolute atomic E-state index is 12.4. The molecule has 1 aromatic rings. The summed E-state index contributed by atoms with van der Waals surface area (Å²) in [7, 11) is 0. The standard InChI is InChI=1S/C17H26N2O/c1-3-17(11-7-8-12-17)13-19-16(20)14-9-5-6-10-15(14)18-4-2/h5-6,9-10,18H,3-4,7-8,11-13H2,1-2H3,(H,19,20). The Kier molecular flexibility index (Phi) is 5.05. The molecule has 1 aromatic carbocycles. The van der Waals surface area contributed by atoms with Crippen LogP contribution >= 0.6 is 0 Å². The number of hydrogen-bond donors (Lipinski definition) is 2. The minimum Gasteiger partial charge on any atom is -0.385 e. The van der Waals surface area contributed by atoms with Crippen molar-refractivity contribution >= 4 is 11.6 Å². The molecule has 2 N–H and O–H groups in total. The van der Waals surface area contributed by atoms with Crippen LogP contribution in [0.4, 0.5) is 5.69 Å². The maximum atomic E-state index is 12.4. The van der Waals surface area contributed by atoms with Crippen LogP contribution in [0.2, 0.25) is 0 Å². The molecule has 0 heterocycles. The maximum Gasteiger partial charge on any atom is 0.253 e. The zero-order valence-corrected chi connectivity index (χ0v) is 12.7. The highest BCUT2D eigenvalue weighted by Crippen LogP contribution is 2.40. The van der Waals surface area contributed by atoms with Gasteiger partial charge < -0.3 is 10.6 Å². The van der Waals surface area contributed by atoms with Gasteiger partial charge in [-0.2, -0.15) is 0 Å². The summed E-state index contributed by atoms with van der Waals surface area (Å²) in [6.07, 6.45) is 6.26. The molecule has 0 spiro atoms. The summed E-state index contributed by atoms with van der Waals surface area (Å²) in [6, 6.07) is 7.73. The van der Waals surface area contributed by atoms with E-state index in [4.69, 9.17) is 0 Å². The van der Waals surface area contributed by atoms with Gasteiger partial charge in [-0.25, -0.2) is 0 Å². The zero-order chi connectivity index (χ0) is 14.4. The Labute approximate surface area is 122 Å². The molecule has 1 fully saturated rings. The fourth-order valence-corrected chi connectivity index (χ4v) is 3.17. The fraction of sp³-hybridized carbons (Fsp3) is 0.588. The van der Waals surface area contributed by atoms with E-state index in [-0.39, 0.29) is 5.91 Å². The third-order valence-electron chi connectivity index (χ3n) is 4.58. The van der Waals surface area contributed by atoms with Gasteiger partial charge >= 0.3 is 0 Å². The Balaban J connectivity index is 2.01. The molecule has 1 aliphatic rings. The topological polar surface area (TPSA) is 41.1 Å². The van der Waals surface area contributed by atoms with Crippen LogP contribution in [0.5, 0.6) is 0 Å².